The lowest BCUT2D eigenvalue weighted by Gasteiger charge is -2.34. The summed E-state index contributed by atoms with van der Waals surface area (Å²) >= 11 is 0. The number of aliphatic hydroxyl groups excluding tert-OH is 1. The number of hydrogen-bond donors (Lipinski definition) is 1. The molecule has 4 nitrogen and oxygen atoms in total. The van der Waals surface area contributed by atoms with Gasteiger partial charge in [0.2, 0.25) is 0 Å². The maximum atomic E-state index is 11.8. The monoisotopic (exact) mass is 243 g/mol. The quantitative estimate of drug-likeness (QED) is 0.566. The number of nitrogens with zero attached hydrogens (tertiary/aromatic N) is 1. The van der Waals surface area contributed by atoms with Gasteiger partial charge < -0.3 is 9.84 Å². The van der Waals surface area contributed by atoms with Crippen LogP contribution >= 0.6 is 0 Å². The second-order valence-electron chi connectivity index (χ2n) is 4.88. The van der Waals surface area contributed by atoms with E-state index in [1.165, 1.54) is 0 Å². The second-order valence-corrected chi connectivity index (χ2v) is 4.88. The van der Waals surface area contributed by atoms with Crippen LogP contribution in [0.4, 0.5) is 0 Å². The average molecular weight is 243 g/mol. The molecule has 1 rings (SSSR count). The number of piperidine rings is 1. The maximum absolute atomic E-state index is 11.8. The molecule has 2 unspecified atom stereocenters. The van der Waals surface area contributed by atoms with E-state index in [2.05, 4.69) is 11.8 Å². The molecular formula is C13H25NO3. The summed E-state index contributed by atoms with van der Waals surface area (Å²) < 4.78 is 5.22. The number of carbonyl (C=O) groups excluding carboxylic acids is 1. The Balaban J connectivity index is 2.34. The zero-order valence-electron chi connectivity index (χ0n) is 11.0. The van der Waals surface area contributed by atoms with Crippen molar-refractivity contribution < 1.29 is 14.6 Å². The smallest absolute Gasteiger partial charge is 0.323 e. The summed E-state index contributed by atoms with van der Waals surface area (Å²) in [6.45, 7) is 6.45. The normalized spacial score (nSPS) is 23.4. The van der Waals surface area contributed by atoms with Crippen molar-refractivity contribution in [1.29, 1.82) is 0 Å². The first kappa shape index (κ1) is 14.5. The highest BCUT2D eigenvalue weighted by molar-refractivity contribution is 5.75. The van der Waals surface area contributed by atoms with Crippen LogP contribution in [0, 0.1) is 5.92 Å². The zero-order chi connectivity index (χ0) is 12.7. The fraction of sp³-hybridized carbons (Fsp3) is 0.923. The third-order valence-electron chi connectivity index (χ3n) is 3.44. The van der Waals surface area contributed by atoms with E-state index in [0.717, 1.165) is 38.8 Å². The minimum atomic E-state index is -0.179. The SMILES string of the molecule is CCCCOC(=O)C(C)N1CCCC(CO)C1. The molecule has 0 aromatic heterocycles. The lowest BCUT2D eigenvalue weighted by Crippen LogP contribution is -2.46. The highest BCUT2D eigenvalue weighted by atomic mass is 16.5. The van der Waals surface area contributed by atoms with E-state index in [9.17, 15) is 4.79 Å². The van der Waals surface area contributed by atoms with Crippen LogP contribution in [0.3, 0.4) is 0 Å². The van der Waals surface area contributed by atoms with E-state index < -0.39 is 0 Å². The second kappa shape index (κ2) is 7.67. The van der Waals surface area contributed by atoms with E-state index >= 15 is 0 Å². The van der Waals surface area contributed by atoms with Crippen LogP contribution in [0.25, 0.3) is 0 Å². The summed E-state index contributed by atoms with van der Waals surface area (Å²) in [4.78, 5) is 13.9. The van der Waals surface area contributed by atoms with Crippen molar-refractivity contribution in [3.63, 3.8) is 0 Å². The number of unbranched alkanes of at least 4 members (excludes halogenated alkanes) is 1. The van der Waals surface area contributed by atoms with Crippen LogP contribution in [0.15, 0.2) is 0 Å². The Morgan fingerprint density at radius 1 is 1.59 bits per heavy atom. The Kier molecular flexibility index (Phi) is 6.52. The van der Waals surface area contributed by atoms with Crippen LogP contribution in [0.1, 0.15) is 39.5 Å². The number of aliphatic hydroxyl groups is 1. The molecule has 2 atom stereocenters. The van der Waals surface area contributed by atoms with Crippen LogP contribution in [0.2, 0.25) is 0 Å². The summed E-state index contributed by atoms with van der Waals surface area (Å²) in [5, 5.41) is 9.16. The highest BCUT2D eigenvalue weighted by Gasteiger charge is 2.27. The molecule has 0 bridgehead atoms. The third-order valence-corrected chi connectivity index (χ3v) is 3.44. The molecule has 0 spiro atoms. The maximum Gasteiger partial charge on any atom is 0.323 e. The van der Waals surface area contributed by atoms with Crippen LogP contribution < -0.4 is 0 Å². The lowest BCUT2D eigenvalue weighted by molar-refractivity contribution is -0.150. The molecule has 0 radical (unpaired) electrons. The molecular weight excluding hydrogens is 218 g/mol. The molecule has 1 aliphatic heterocycles. The van der Waals surface area contributed by atoms with Crippen molar-refractivity contribution >= 4 is 5.97 Å². The Morgan fingerprint density at radius 3 is 3.00 bits per heavy atom. The number of carbonyl (C=O) groups is 1. The van der Waals surface area contributed by atoms with Gasteiger partial charge >= 0.3 is 5.97 Å². The zero-order valence-corrected chi connectivity index (χ0v) is 11.0. The largest absolute Gasteiger partial charge is 0.465 e. The van der Waals surface area contributed by atoms with Gasteiger partial charge in [-0.1, -0.05) is 13.3 Å². The standard InChI is InChI=1S/C13H25NO3/c1-3-4-8-17-13(16)11(2)14-7-5-6-12(9-14)10-15/h11-12,15H,3-10H2,1-2H3. The molecule has 0 aliphatic carbocycles. The van der Waals surface area contributed by atoms with Gasteiger partial charge in [0.05, 0.1) is 6.61 Å². The summed E-state index contributed by atoms with van der Waals surface area (Å²) in [7, 11) is 0. The summed E-state index contributed by atoms with van der Waals surface area (Å²) in [6.07, 6.45) is 4.08. The number of likely N-dealkylation sites (tertiary alicyclic amines) is 1. The lowest BCUT2D eigenvalue weighted by atomic mass is 9.98. The fourth-order valence-corrected chi connectivity index (χ4v) is 2.18. The predicted octanol–water partition coefficient (Wildman–Crippen LogP) is 1.42. The third kappa shape index (κ3) is 4.64. The molecule has 0 aromatic rings. The first-order valence-electron chi connectivity index (χ1n) is 6.70. The van der Waals surface area contributed by atoms with E-state index in [1.54, 1.807) is 0 Å². The molecule has 0 saturated carbocycles. The Hall–Kier alpha value is -0.610. The number of rotatable bonds is 6. The van der Waals surface area contributed by atoms with E-state index in [1.807, 2.05) is 6.92 Å². The number of ether oxygens (including phenoxy) is 1. The van der Waals surface area contributed by atoms with Gasteiger partial charge in [-0.15, -0.1) is 0 Å². The fourth-order valence-electron chi connectivity index (χ4n) is 2.18. The number of hydrogen-bond acceptors (Lipinski definition) is 4. The molecule has 1 saturated heterocycles. The summed E-state index contributed by atoms with van der Waals surface area (Å²) in [5.74, 6) is 0.187. The van der Waals surface area contributed by atoms with Crippen LogP contribution in [-0.4, -0.2) is 48.3 Å². The molecule has 1 fully saturated rings. The van der Waals surface area contributed by atoms with Gasteiger partial charge in [-0.25, -0.2) is 0 Å². The Morgan fingerprint density at radius 2 is 2.35 bits per heavy atom. The summed E-state index contributed by atoms with van der Waals surface area (Å²) in [6, 6.07) is -0.179. The van der Waals surface area contributed by atoms with Gasteiger partial charge in [-0.3, -0.25) is 9.69 Å². The molecule has 1 aliphatic rings. The van der Waals surface area contributed by atoms with Crippen molar-refractivity contribution in [3.8, 4) is 0 Å². The minimum Gasteiger partial charge on any atom is -0.465 e. The Bertz CT molecular complexity index is 233. The average Bonchev–Trinajstić information content (AvgIpc) is 2.38. The molecule has 1 heterocycles. The van der Waals surface area contributed by atoms with Gasteiger partial charge in [0.1, 0.15) is 6.04 Å². The van der Waals surface area contributed by atoms with Crippen molar-refractivity contribution in [2.24, 2.45) is 5.92 Å². The van der Waals surface area contributed by atoms with Gasteiger partial charge in [0.15, 0.2) is 0 Å². The molecule has 0 amide bonds. The van der Waals surface area contributed by atoms with Crippen molar-refractivity contribution in [3.05, 3.63) is 0 Å². The van der Waals surface area contributed by atoms with Gasteiger partial charge in [0, 0.05) is 13.2 Å². The summed E-state index contributed by atoms with van der Waals surface area (Å²) in [5.41, 5.74) is 0. The van der Waals surface area contributed by atoms with E-state index in [0.29, 0.717) is 12.5 Å². The van der Waals surface area contributed by atoms with E-state index in [4.69, 9.17) is 9.84 Å². The van der Waals surface area contributed by atoms with E-state index in [-0.39, 0.29) is 18.6 Å². The van der Waals surface area contributed by atoms with Crippen molar-refractivity contribution in [2.45, 2.75) is 45.6 Å². The highest BCUT2D eigenvalue weighted by Crippen LogP contribution is 2.18. The first-order valence-corrected chi connectivity index (χ1v) is 6.70. The Labute approximate surface area is 104 Å². The van der Waals surface area contributed by atoms with Crippen molar-refractivity contribution in [2.75, 3.05) is 26.3 Å². The van der Waals surface area contributed by atoms with Gasteiger partial charge in [-0.2, -0.15) is 0 Å². The van der Waals surface area contributed by atoms with Crippen molar-refractivity contribution in [1.82, 2.24) is 4.90 Å². The molecule has 100 valence electrons. The minimum absolute atomic E-state index is 0.128. The molecule has 1 N–H and O–H groups in total. The van der Waals surface area contributed by atoms with Crippen LogP contribution in [-0.2, 0) is 9.53 Å². The predicted molar refractivity (Wildman–Crippen MR) is 66.7 cm³/mol. The topological polar surface area (TPSA) is 49.8 Å². The first-order chi connectivity index (χ1) is 8.19. The number of esters is 1. The molecule has 4 heteroatoms. The van der Waals surface area contributed by atoms with Gasteiger partial charge in [-0.05, 0) is 38.6 Å². The van der Waals surface area contributed by atoms with Crippen LogP contribution in [0.5, 0.6) is 0 Å². The van der Waals surface area contributed by atoms with Gasteiger partial charge in [0.25, 0.3) is 0 Å². The molecule has 17 heavy (non-hydrogen) atoms. The molecule has 0 aromatic carbocycles.